The van der Waals surface area contributed by atoms with Crippen LogP contribution in [0.25, 0.3) is 0 Å². The summed E-state index contributed by atoms with van der Waals surface area (Å²) in [5, 5.41) is 0. The first kappa shape index (κ1) is 28.7. The summed E-state index contributed by atoms with van der Waals surface area (Å²) < 4.78 is 11.2. The van der Waals surface area contributed by atoms with Gasteiger partial charge in [-0.15, -0.1) is 0 Å². The molecule has 0 radical (unpaired) electrons. The molecule has 32 heavy (non-hydrogen) atoms. The molecule has 4 nitrogen and oxygen atoms in total. The summed E-state index contributed by atoms with van der Waals surface area (Å²) in [7, 11) is 0. The van der Waals surface area contributed by atoms with E-state index in [1.54, 1.807) is 0 Å². The molecule has 0 atom stereocenters. The number of hydrogen-bond donors (Lipinski definition) is 0. The van der Waals surface area contributed by atoms with Crippen molar-refractivity contribution in [3.63, 3.8) is 0 Å². The Hall–Kier alpha value is -1.32. The van der Waals surface area contributed by atoms with Crippen LogP contribution >= 0.6 is 0 Å². The highest BCUT2D eigenvalue weighted by Gasteiger charge is 2.30. The molecule has 1 saturated carbocycles. The predicted octanol–water partition coefficient (Wildman–Crippen LogP) is 8.08. The van der Waals surface area contributed by atoms with Gasteiger partial charge in [0.15, 0.2) is 0 Å². The SMILES string of the molecule is CCCCCCCCCC/C(C(=O)OCCCC)=C(/C(=O)OCCCC)C1CCCCC1. The number of carbonyl (C=O) groups is 2. The van der Waals surface area contributed by atoms with Gasteiger partial charge in [0, 0.05) is 5.57 Å². The van der Waals surface area contributed by atoms with Crippen molar-refractivity contribution in [1.82, 2.24) is 0 Å². The lowest BCUT2D eigenvalue weighted by Crippen LogP contribution is -2.24. The monoisotopic (exact) mass is 450 g/mol. The third-order valence-corrected chi connectivity index (χ3v) is 6.55. The topological polar surface area (TPSA) is 52.6 Å². The molecule has 1 rings (SSSR count). The van der Waals surface area contributed by atoms with Crippen LogP contribution in [0.15, 0.2) is 11.1 Å². The molecule has 0 spiro atoms. The number of rotatable bonds is 18. The second-order valence-electron chi connectivity index (χ2n) is 9.43. The van der Waals surface area contributed by atoms with Gasteiger partial charge in [-0.3, -0.25) is 0 Å². The van der Waals surface area contributed by atoms with Crippen molar-refractivity contribution >= 4 is 11.9 Å². The molecule has 0 aromatic rings. The molecule has 0 unspecified atom stereocenters. The highest BCUT2D eigenvalue weighted by Crippen LogP contribution is 2.34. The zero-order valence-electron chi connectivity index (χ0n) is 21.4. The van der Waals surface area contributed by atoms with Crippen molar-refractivity contribution < 1.29 is 19.1 Å². The third kappa shape index (κ3) is 12.1. The van der Waals surface area contributed by atoms with E-state index in [9.17, 15) is 9.59 Å². The molecular weight excluding hydrogens is 400 g/mol. The number of esters is 2. The number of carbonyl (C=O) groups excluding carboxylic acids is 2. The Labute approximate surface area is 197 Å². The van der Waals surface area contributed by atoms with Crippen LogP contribution < -0.4 is 0 Å². The Balaban J connectivity index is 2.89. The van der Waals surface area contributed by atoms with Gasteiger partial charge < -0.3 is 9.47 Å². The molecule has 0 heterocycles. The fraction of sp³-hybridized carbons (Fsp3) is 0.857. The average Bonchev–Trinajstić information content (AvgIpc) is 2.80. The minimum absolute atomic E-state index is 0.139. The molecule has 1 fully saturated rings. The third-order valence-electron chi connectivity index (χ3n) is 6.55. The van der Waals surface area contributed by atoms with Crippen LogP contribution in [0, 0.1) is 5.92 Å². The van der Waals surface area contributed by atoms with Crippen LogP contribution in [-0.2, 0) is 19.1 Å². The van der Waals surface area contributed by atoms with Gasteiger partial charge in [0.25, 0.3) is 0 Å². The maximum Gasteiger partial charge on any atom is 0.334 e. The van der Waals surface area contributed by atoms with Crippen LogP contribution in [0.1, 0.15) is 136 Å². The molecule has 1 aliphatic carbocycles. The van der Waals surface area contributed by atoms with E-state index in [0.29, 0.717) is 30.8 Å². The fourth-order valence-corrected chi connectivity index (χ4v) is 4.49. The first-order valence-electron chi connectivity index (χ1n) is 13.7. The Bertz CT molecular complexity index is 532. The maximum atomic E-state index is 13.1. The highest BCUT2D eigenvalue weighted by molar-refractivity contribution is 6.00. The minimum Gasteiger partial charge on any atom is -0.462 e. The summed E-state index contributed by atoms with van der Waals surface area (Å²) in [6.07, 6.45) is 19.4. The highest BCUT2D eigenvalue weighted by atomic mass is 16.5. The van der Waals surface area contributed by atoms with Crippen molar-refractivity contribution in [3.8, 4) is 0 Å². The van der Waals surface area contributed by atoms with Crippen molar-refractivity contribution in [3.05, 3.63) is 11.1 Å². The maximum absolute atomic E-state index is 13.1. The lowest BCUT2D eigenvalue weighted by molar-refractivity contribution is -0.143. The smallest absolute Gasteiger partial charge is 0.334 e. The lowest BCUT2D eigenvalue weighted by Gasteiger charge is -2.26. The summed E-state index contributed by atoms with van der Waals surface area (Å²) in [6, 6.07) is 0. The Morgan fingerprint density at radius 3 is 1.69 bits per heavy atom. The Kier molecular flexibility index (Phi) is 17.2. The van der Waals surface area contributed by atoms with Gasteiger partial charge in [-0.1, -0.05) is 97.8 Å². The zero-order chi connectivity index (χ0) is 23.4. The summed E-state index contributed by atoms with van der Waals surface area (Å²) in [5.41, 5.74) is 1.26. The summed E-state index contributed by atoms with van der Waals surface area (Å²) in [5.74, 6) is -0.414. The molecule has 4 heteroatoms. The van der Waals surface area contributed by atoms with Crippen LogP contribution in [0.4, 0.5) is 0 Å². The van der Waals surface area contributed by atoms with Gasteiger partial charge in [-0.25, -0.2) is 9.59 Å². The quantitative estimate of drug-likeness (QED) is 0.120. The van der Waals surface area contributed by atoms with Gasteiger partial charge >= 0.3 is 11.9 Å². The molecule has 0 bridgehead atoms. The molecule has 0 saturated heterocycles. The largest absolute Gasteiger partial charge is 0.462 e. The van der Waals surface area contributed by atoms with Crippen LogP contribution in [0.2, 0.25) is 0 Å². The second kappa shape index (κ2) is 19.2. The van der Waals surface area contributed by atoms with E-state index >= 15 is 0 Å². The lowest BCUT2D eigenvalue weighted by atomic mass is 9.80. The number of unbranched alkanes of at least 4 members (excludes halogenated alkanes) is 9. The van der Waals surface area contributed by atoms with Gasteiger partial charge in [0.1, 0.15) is 0 Å². The molecule has 1 aliphatic rings. The molecule has 186 valence electrons. The molecular formula is C28H50O4. The van der Waals surface area contributed by atoms with Crippen LogP contribution in [-0.4, -0.2) is 25.2 Å². The number of hydrogen-bond acceptors (Lipinski definition) is 4. The predicted molar refractivity (Wildman–Crippen MR) is 133 cm³/mol. The van der Waals surface area contributed by atoms with Crippen LogP contribution in [0.3, 0.4) is 0 Å². The zero-order valence-corrected chi connectivity index (χ0v) is 21.4. The normalized spacial score (nSPS) is 15.3. The molecule has 0 N–H and O–H groups in total. The number of ether oxygens (including phenoxy) is 2. The first-order chi connectivity index (χ1) is 15.7. The first-order valence-corrected chi connectivity index (χ1v) is 13.7. The van der Waals surface area contributed by atoms with Gasteiger partial charge in [-0.2, -0.15) is 0 Å². The van der Waals surface area contributed by atoms with E-state index < -0.39 is 0 Å². The van der Waals surface area contributed by atoms with E-state index in [1.807, 2.05) is 0 Å². The van der Waals surface area contributed by atoms with Gasteiger partial charge in [-0.05, 0) is 44.4 Å². The van der Waals surface area contributed by atoms with Crippen molar-refractivity contribution in [1.29, 1.82) is 0 Å². The van der Waals surface area contributed by atoms with Gasteiger partial charge in [0.05, 0.1) is 18.8 Å². The van der Waals surface area contributed by atoms with E-state index in [4.69, 9.17) is 9.47 Å². The minimum atomic E-state index is -0.283. The van der Waals surface area contributed by atoms with E-state index in [2.05, 4.69) is 20.8 Å². The van der Waals surface area contributed by atoms with Crippen molar-refractivity contribution in [2.24, 2.45) is 5.92 Å². The standard InChI is InChI=1S/C28H50O4/c1-4-7-10-11-12-13-14-18-21-25(27(29)31-22-8-5-2)26(24-19-16-15-17-20-24)28(30)32-23-9-6-3/h24H,4-23H2,1-3H3/b26-25-. The van der Waals surface area contributed by atoms with Crippen LogP contribution in [0.5, 0.6) is 0 Å². The molecule has 0 aromatic carbocycles. The molecule has 0 aliphatic heterocycles. The van der Waals surface area contributed by atoms with E-state index in [1.165, 1.54) is 44.9 Å². The Morgan fingerprint density at radius 2 is 1.12 bits per heavy atom. The second-order valence-corrected chi connectivity index (χ2v) is 9.43. The molecule has 0 amide bonds. The fourth-order valence-electron chi connectivity index (χ4n) is 4.49. The van der Waals surface area contributed by atoms with E-state index in [0.717, 1.165) is 64.2 Å². The molecule has 0 aromatic heterocycles. The summed E-state index contributed by atoms with van der Waals surface area (Å²) in [6.45, 7) is 7.28. The van der Waals surface area contributed by atoms with Crippen molar-refractivity contribution in [2.45, 2.75) is 136 Å². The summed E-state index contributed by atoms with van der Waals surface area (Å²) >= 11 is 0. The van der Waals surface area contributed by atoms with Gasteiger partial charge in [0.2, 0.25) is 0 Å². The summed E-state index contributed by atoms with van der Waals surface area (Å²) in [4.78, 5) is 26.2. The Morgan fingerprint density at radius 1 is 0.625 bits per heavy atom. The van der Waals surface area contributed by atoms with E-state index in [-0.39, 0.29) is 17.9 Å². The van der Waals surface area contributed by atoms with Crippen molar-refractivity contribution in [2.75, 3.05) is 13.2 Å². The average molecular weight is 451 g/mol.